The van der Waals surface area contributed by atoms with Crippen LogP contribution in [0.15, 0.2) is 42.5 Å². The van der Waals surface area contributed by atoms with Crippen LogP contribution in [0.2, 0.25) is 0 Å². The second kappa shape index (κ2) is 8.98. The van der Waals surface area contributed by atoms with Gasteiger partial charge in [0.15, 0.2) is 6.10 Å². The number of amides is 2. The normalized spacial score (nSPS) is 11.4. The second-order valence-electron chi connectivity index (χ2n) is 6.44. The number of rotatable bonds is 6. The first-order valence-corrected chi connectivity index (χ1v) is 8.69. The summed E-state index contributed by atoms with van der Waals surface area (Å²) in [5.74, 6) is -1.48. The maximum Gasteiger partial charge on any atom is 0.326 e. The van der Waals surface area contributed by atoms with Crippen LogP contribution in [0.3, 0.4) is 0 Å². The molecule has 27 heavy (non-hydrogen) atoms. The van der Waals surface area contributed by atoms with Gasteiger partial charge in [-0.2, -0.15) is 0 Å². The molecule has 0 radical (unpaired) electrons. The summed E-state index contributed by atoms with van der Waals surface area (Å²) < 4.78 is 5.11. The Hall–Kier alpha value is -3.15. The summed E-state index contributed by atoms with van der Waals surface area (Å²) in [6.45, 7) is 6.98. The summed E-state index contributed by atoms with van der Waals surface area (Å²) in [5, 5.41) is 5.27. The van der Waals surface area contributed by atoms with Gasteiger partial charge in [0, 0.05) is 11.3 Å². The molecule has 0 aromatic heterocycles. The summed E-state index contributed by atoms with van der Waals surface area (Å²) in [6, 6.07) is 12.5. The number of benzene rings is 2. The van der Waals surface area contributed by atoms with Crippen LogP contribution in [0.25, 0.3) is 0 Å². The second-order valence-corrected chi connectivity index (χ2v) is 6.44. The molecule has 0 aliphatic carbocycles. The molecular weight excluding hydrogens is 344 g/mol. The number of carbonyl (C=O) groups excluding carboxylic acids is 3. The third-order valence-electron chi connectivity index (χ3n) is 4.03. The highest BCUT2D eigenvalue weighted by Crippen LogP contribution is 2.22. The molecular formula is C21H24N2O4. The molecule has 0 aliphatic rings. The van der Waals surface area contributed by atoms with Crippen molar-refractivity contribution in [3.63, 3.8) is 0 Å². The van der Waals surface area contributed by atoms with E-state index < -0.39 is 18.0 Å². The van der Waals surface area contributed by atoms with Crippen molar-refractivity contribution >= 4 is 23.5 Å². The van der Waals surface area contributed by atoms with Crippen molar-refractivity contribution in [2.45, 2.75) is 33.8 Å². The minimum atomic E-state index is -0.980. The van der Waals surface area contributed by atoms with Crippen LogP contribution in [-0.2, 0) is 14.3 Å². The number of hydrogen-bond acceptors (Lipinski definition) is 4. The molecule has 2 aromatic carbocycles. The van der Waals surface area contributed by atoms with Crippen LogP contribution in [0.1, 0.15) is 34.0 Å². The summed E-state index contributed by atoms with van der Waals surface area (Å²) in [6.07, 6.45) is -0.980. The fourth-order valence-electron chi connectivity index (χ4n) is 2.74. The quantitative estimate of drug-likeness (QED) is 0.768. The topological polar surface area (TPSA) is 84.5 Å². The van der Waals surface area contributed by atoms with Gasteiger partial charge in [0.2, 0.25) is 0 Å². The van der Waals surface area contributed by atoms with Crippen LogP contribution in [-0.4, -0.2) is 30.4 Å². The highest BCUT2D eigenvalue weighted by molar-refractivity contribution is 5.98. The van der Waals surface area contributed by atoms with Crippen molar-refractivity contribution in [2.75, 3.05) is 11.9 Å². The fourth-order valence-corrected chi connectivity index (χ4v) is 2.74. The van der Waals surface area contributed by atoms with Crippen molar-refractivity contribution in [1.29, 1.82) is 0 Å². The lowest BCUT2D eigenvalue weighted by Crippen LogP contribution is -2.36. The lowest BCUT2D eigenvalue weighted by atomic mass is 10.0. The third-order valence-corrected chi connectivity index (χ3v) is 4.03. The molecule has 1 unspecified atom stereocenters. The zero-order chi connectivity index (χ0) is 20.0. The molecule has 0 heterocycles. The Morgan fingerprint density at radius 3 is 2.19 bits per heavy atom. The molecule has 0 aliphatic heterocycles. The van der Waals surface area contributed by atoms with Gasteiger partial charge in [-0.1, -0.05) is 35.9 Å². The fraction of sp³-hybridized carbons (Fsp3) is 0.286. The van der Waals surface area contributed by atoms with E-state index in [0.29, 0.717) is 11.3 Å². The van der Waals surface area contributed by atoms with Crippen molar-refractivity contribution in [3.8, 4) is 0 Å². The van der Waals surface area contributed by atoms with E-state index in [9.17, 15) is 14.4 Å². The van der Waals surface area contributed by atoms with Crippen LogP contribution in [0, 0.1) is 20.8 Å². The van der Waals surface area contributed by atoms with Gasteiger partial charge >= 0.3 is 5.97 Å². The Morgan fingerprint density at radius 2 is 1.59 bits per heavy atom. The average Bonchev–Trinajstić information content (AvgIpc) is 2.63. The number of carbonyl (C=O) groups is 3. The maximum atomic E-state index is 12.3. The van der Waals surface area contributed by atoms with Gasteiger partial charge in [0.25, 0.3) is 11.8 Å². The number of esters is 1. The van der Waals surface area contributed by atoms with E-state index in [4.69, 9.17) is 4.74 Å². The molecule has 2 rings (SSSR count). The Balaban J connectivity index is 1.87. The van der Waals surface area contributed by atoms with Gasteiger partial charge in [0.1, 0.15) is 6.54 Å². The molecule has 6 heteroatoms. The molecule has 2 N–H and O–H groups in total. The number of anilines is 1. The van der Waals surface area contributed by atoms with Gasteiger partial charge in [-0.15, -0.1) is 0 Å². The summed E-state index contributed by atoms with van der Waals surface area (Å²) in [5.41, 5.74) is 4.15. The van der Waals surface area contributed by atoms with Gasteiger partial charge < -0.3 is 15.4 Å². The van der Waals surface area contributed by atoms with Crippen molar-refractivity contribution in [2.24, 2.45) is 0 Å². The lowest BCUT2D eigenvalue weighted by Gasteiger charge is -2.17. The van der Waals surface area contributed by atoms with Crippen LogP contribution in [0.5, 0.6) is 0 Å². The predicted molar refractivity (Wildman–Crippen MR) is 104 cm³/mol. The molecule has 2 amide bonds. The monoisotopic (exact) mass is 368 g/mol. The predicted octanol–water partition coefficient (Wildman–Crippen LogP) is 2.91. The summed E-state index contributed by atoms with van der Waals surface area (Å²) in [4.78, 5) is 36.1. The van der Waals surface area contributed by atoms with E-state index in [-0.39, 0.29) is 12.5 Å². The molecule has 0 fully saturated rings. The summed E-state index contributed by atoms with van der Waals surface area (Å²) in [7, 11) is 0. The molecule has 0 bridgehead atoms. The lowest BCUT2D eigenvalue weighted by molar-refractivity contribution is -0.152. The van der Waals surface area contributed by atoms with Gasteiger partial charge in [-0.05, 0) is 51.0 Å². The number of hydrogen-bond donors (Lipinski definition) is 2. The van der Waals surface area contributed by atoms with Gasteiger partial charge in [0.05, 0.1) is 0 Å². The number of aryl methyl sites for hydroxylation is 3. The Labute approximate surface area is 158 Å². The standard InChI is InChI=1S/C21H24N2O4/c1-13-10-14(2)19(15(3)11-13)23-20(25)16(4)27-18(24)12-22-21(26)17-8-6-5-7-9-17/h5-11,16H,12H2,1-4H3,(H,22,26)(H,23,25). The molecule has 0 spiro atoms. The highest BCUT2D eigenvalue weighted by atomic mass is 16.5. The largest absolute Gasteiger partial charge is 0.451 e. The average molecular weight is 368 g/mol. The van der Waals surface area contributed by atoms with Crippen molar-refractivity contribution in [3.05, 3.63) is 64.7 Å². The van der Waals surface area contributed by atoms with Gasteiger partial charge in [-0.25, -0.2) is 0 Å². The third kappa shape index (κ3) is 5.67. The Kier molecular flexibility index (Phi) is 6.71. The van der Waals surface area contributed by atoms with Crippen LogP contribution in [0.4, 0.5) is 5.69 Å². The van der Waals surface area contributed by atoms with E-state index >= 15 is 0 Å². The first-order valence-electron chi connectivity index (χ1n) is 8.69. The zero-order valence-electron chi connectivity index (χ0n) is 16.0. The number of ether oxygens (including phenoxy) is 1. The first-order chi connectivity index (χ1) is 12.8. The van der Waals surface area contributed by atoms with Crippen LogP contribution >= 0.6 is 0 Å². The molecule has 1 atom stereocenters. The van der Waals surface area contributed by atoms with Crippen molar-refractivity contribution < 1.29 is 19.1 Å². The Morgan fingerprint density at radius 1 is 1.00 bits per heavy atom. The van der Waals surface area contributed by atoms with Gasteiger partial charge in [-0.3, -0.25) is 14.4 Å². The highest BCUT2D eigenvalue weighted by Gasteiger charge is 2.20. The maximum absolute atomic E-state index is 12.3. The van der Waals surface area contributed by atoms with E-state index in [2.05, 4.69) is 10.6 Å². The molecule has 0 saturated heterocycles. The molecule has 2 aromatic rings. The number of nitrogens with one attached hydrogen (secondary N) is 2. The van der Waals surface area contributed by atoms with Crippen LogP contribution < -0.4 is 10.6 Å². The van der Waals surface area contributed by atoms with E-state index in [1.165, 1.54) is 6.92 Å². The van der Waals surface area contributed by atoms with E-state index in [0.717, 1.165) is 16.7 Å². The smallest absolute Gasteiger partial charge is 0.326 e. The SMILES string of the molecule is Cc1cc(C)c(NC(=O)C(C)OC(=O)CNC(=O)c2ccccc2)c(C)c1. The molecule has 142 valence electrons. The molecule has 6 nitrogen and oxygen atoms in total. The minimum Gasteiger partial charge on any atom is -0.451 e. The summed E-state index contributed by atoms with van der Waals surface area (Å²) >= 11 is 0. The minimum absolute atomic E-state index is 0.312. The van der Waals surface area contributed by atoms with E-state index in [1.807, 2.05) is 32.9 Å². The van der Waals surface area contributed by atoms with E-state index in [1.54, 1.807) is 30.3 Å². The van der Waals surface area contributed by atoms with Crippen molar-refractivity contribution in [1.82, 2.24) is 5.32 Å². The molecule has 0 saturated carbocycles. The zero-order valence-corrected chi connectivity index (χ0v) is 16.0. The first kappa shape index (κ1) is 20.2. The Bertz CT molecular complexity index is 824.